The normalized spacial score (nSPS) is 18.2. The summed E-state index contributed by atoms with van der Waals surface area (Å²) in [6.07, 6.45) is 8.50. The molecular formula is C30H31F3O2. The minimum absolute atomic E-state index is 0.111. The zero-order valence-corrected chi connectivity index (χ0v) is 20.2. The lowest BCUT2D eigenvalue weighted by Crippen LogP contribution is -2.24. The summed E-state index contributed by atoms with van der Waals surface area (Å²) in [7, 11) is 0. The fraction of sp³-hybridized carbons (Fsp3) is 0.333. The summed E-state index contributed by atoms with van der Waals surface area (Å²) < 4.78 is 55.0. The highest BCUT2D eigenvalue weighted by Crippen LogP contribution is 2.34. The Bertz CT molecular complexity index is 1160. The predicted molar refractivity (Wildman–Crippen MR) is 134 cm³/mol. The molecule has 0 aliphatic carbocycles. The molecule has 0 bridgehead atoms. The van der Waals surface area contributed by atoms with Crippen LogP contribution in [-0.4, -0.2) is 19.3 Å². The molecule has 1 aliphatic heterocycles. The van der Waals surface area contributed by atoms with Gasteiger partial charge in [-0.1, -0.05) is 48.6 Å². The van der Waals surface area contributed by atoms with Gasteiger partial charge in [-0.05, 0) is 74.4 Å². The smallest absolute Gasteiger partial charge is 0.201 e. The van der Waals surface area contributed by atoms with Crippen LogP contribution in [0.4, 0.5) is 13.2 Å². The second-order valence-electron chi connectivity index (χ2n) is 8.86. The van der Waals surface area contributed by atoms with E-state index in [2.05, 4.69) is 12.2 Å². The summed E-state index contributed by atoms with van der Waals surface area (Å²) >= 11 is 0. The van der Waals surface area contributed by atoms with E-state index in [4.69, 9.17) is 9.47 Å². The van der Waals surface area contributed by atoms with Crippen LogP contribution in [0.1, 0.15) is 51.0 Å². The molecule has 3 aromatic rings. The third-order valence-corrected chi connectivity index (χ3v) is 6.58. The molecule has 0 aromatic heterocycles. The molecule has 35 heavy (non-hydrogen) atoms. The molecule has 0 amide bonds. The van der Waals surface area contributed by atoms with E-state index in [1.165, 1.54) is 12.1 Å². The number of benzene rings is 3. The number of ether oxygens (including phenoxy) is 2. The summed E-state index contributed by atoms with van der Waals surface area (Å²) in [5.41, 5.74) is 2.73. The highest BCUT2D eigenvalue weighted by Gasteiger charge is 2.23. The largest absolute Gasteiger partial charge is 0.491 e. The molecule has 1 heterocycles. The van der Waals surface area contributed by atoms with Crippen molar-refractivity contribution in [3.63, 3.8) is 0 Å². The van der Waals surface area contributed by atoms with Crippen LogP contribution in [0.2, 0.25) is 0 Å². The molecule has 4 rings (SSSR count). The number of rotatable bonds is 8. The van der Waals surface area contributed by atoms with Gasteiger partial charge in [0.1, 0.15) is 5.82 Å². The van der Waals surface area contributed by atoms with Gasteiger partial charge >= 0.3 is 0 Å². The molecule has 1 aliphatic rings. The van der Waals surface area contributed by atoms with E-state index in [0.29, 0.717) is 23.3 Å². The second-order valence-corrected chi connectivity index (χ2v) is 8.86. The minimum Gasteiger partial charge on any atom is -0.491 e. The fourth-order valence-electron chi connectivity index (χ4n) is 4.62. The van der Waals surface area contributed by atoms with Crippen molar-refractivity contribution < 1.29 is 22.6 Å². The zero-order valence-electron chi connectivity index (χ0n) is 20.2. The van der Waals surface area contributed by atoms with Crippen molar-refractivity contribution in [3.8, 4) is 28.0 Å². The molecule has 0 N–H and O–H groups in total. The van der Waals surface area contributed by atoms with Gasteiger partial charge in [0.2, 0.25) is 5.82 Å². The molecule has 0 radical (unpaired) electrons. The molecule has 2 nitrogen and oxygen atoms in total. The van der Waals surface area contributed by atoms with Crippen LogP contribution in [0.15, 0.2) is 66.7 Å². The van der Waals surface area contributed by atoms with Gasteiger partial charge in [0.25, 0.3) is 0 Å². The van der Waals surface area contributed by atoms with Crippen LogP contribution in [0.5, 0.6) is 5.75 Å². The maximum atomic E-state index is 15.1. The van der Waals surface area contributed by atoms with Crippen molar-refractivity contribution in [2.45, 2.75) is 51.6 Å². The molecule has 0 spiro atoms. The number of hydrogen-bond donors (Lipinski definition) is 0. The predicted octanol–water partition coefficient (Wildman–Crippen LogP) is 8.46. The van der Waals surface area contributed by atoms with Crippen LogP contribution in [0, 0.1) is 17.5 Å². The molecule has 2 unspecified atom stereocenters. The number of hydrogen-bond acceptors (Lipinski definition) is 2. The average Bonchev–Trinajstić information content (AvgIpc) is 2.88. The molecule has 2 atom stereocenters. The zero-order chi connectivity index (χ0) is 24.8. The monoisotopic (exact) mass is 480 g/mol. The van der Waals surface area contributed by atoms with E-state index in [0.717, 1.165) is 31.2 Å². The number of allylic oxidation sites excluding steroid dienone is 2. The van der Waals surface area contributed by atoms with Gasteiger partial charge in [0, 0.05) is 17.0 Å². The molecule has 1 fully saturated rings. The topological polar surface area (TPSA) is 18.5 Å². The summed E-state index contributed by atoms with van der Waals surface area (Å²) in [5, 5.41) is 0. The maximum absolute atomic E-state index is 15.1. The third kappa shape index (κ3) is 5.79. The fourth-order valence-corrected chi connectivity index (χ4v) is 4.62. The molecule has 0 saturated carbocycles. The first-order valence-corrected chi connectivity index (χ1v) is 12.3. The second kappa shape index (κ2) is 11.6. The SMILES string of the molecule is CC=CCCC1CCC(c2ccc(-c3ccc(-c4ccc(OCC)c(F)c4F)cc3)c(F)c2)CO1. The van der Waals surface area contributed by atoms with Crippen molar-refractivity contribution in [1.29, 1.82) is 0 Å². The summed E-state index contributed by atoms with van der Waals surface area (Å²) in [6, 6.07) is 15.0. The highest BCUT2D eigenvalue weighted by molar-refractivity contribution is 5.71. The van der Waals surface area contributed by atoms with Gasteiger partial charge in [-0.25, -0.2) is 8.78 Å². The van der Waals surface area contributed by atoms with Crippen molar-refractivity contribution in [3.05, 3.63) is 89.8 Å². The Kier molecular flexibility index (Phi) is 8.29. The van der Waals surface area contributed by atoms with Crippen LogP contribution in [-0.2, 0) is 4.74 Å². The summed E-state index contributed by atoms with van der Waals surface area (Å²) in [4.78, 5) is 0. The summed E-state index contributed by atoms with van der Waals surface area (Å²) in [6.45, 7) is 4.59. The van der Waals surface area contributed by atoms with E-state index in [-0.39, 0.29) is 35.8 Å². The summed E-state index contributed by atoms with van der Waals surface area (Å²) in [5.74, 6) is -2.19. The average molecular weight is 481 g/mol. The van der Waals surface area contributed by atoms with E-state index in [1.54, 1.807) is 43.3 Å². The molecule has 5 heteroatoms. The van der Waals surface area contributed by atoms with E-state index >= 15 is 4.39 Å². The lowest BCUT2D eigenvalue weighted by Gasteiger charge is -2.29. The first-order valence-electron chi connectivity index (χ1n) is 12.3. The molecule has 1 saturated heterocycles. The van der Waals surface area contributed by atoms with Crippen molar-refractivity contribution >= 4 is 0 Å². The Morgan fingerprint density at radius 1 is 0.914 bits per heavy atom. The van der Waals surface area contributed by atoms with Crippen molar-refractivity contribution in [2.24, 2.45) is 0 Å². The Morgan fingerprint density at radius 3 is 2.26 bits per heavy atom. The van der Waals surface area contributed by atoms with Gasteiger partial charge in [-0.2, -0.15) is 4.39 Å². The highest BCUT2D eigenvalue weighted by atomic mass is 19.2. The van der Waals surface area contributed by atoms with Gasteiger partial charge in [-0.3, -0.25) is 0 Å². The van der Waals surface area contributed by atoms with Crippen molar-refractivity contribution in [2.75, 3.05) is 13.2 Å². The van der Waals surface area contributed by atoms with Crippen molar-refractivity contribution in [1.82, 2.24) is 0 Å². The van der Waals surface area contributed by atoms with Gasteiger partial charge in [-0.15, -0.1) is 0 Å². The first-order chi connectivity index (χ1) is 17.0. The minimum atomic E-state index is -1.01. The van der Waals surface area contributed by atoms with E-state index < -0.39 is 11.6 Å². The molecule has 3 aromatic carbocycles. The molecular weight excluding hydrogens is 449 g/mol. The Labute approximate surface area is 205 Å². The Hall–Kier alpha value is -3.05. The quantitative estimate of drug-likeness (QED) is 0.301. The lowest BCUT2D eigenvalue weighted by atomic mass is 9.89. The van der Waals surface area contributed by atoms with Gasteiger partial charge in [0.05, 0.1) is 19.3 Å². The van der Waals surface area contributed by atoms with Crippen LogP contribution >= 0.6 is 0 Å². The third-order valence-electron chi connectivity index (χ3n) is 6.58. The van der Waals surface area contributed by atoms with Crippen LogP contribution in [0.25, 0.3) is 22.3 Å². The number of halogens is 3. The first kappa shape index (κ1) is 25.1. The molecule has 184 valence electrons. The Balaban J connectivity index is 1.46. The lowest BCUT2D eigenvalue weighted by molar-refractivity contribution is -0.000225. The van der Waals surface area contributed by atoms with Crippen LogP contribution < -0.4 is 4.74 Å². The van der Waals surface area contributed by atoms with Gasteiger partial charge in [0.15, 0.2) is 11.6 Å². The van der Waals surface area contributed by atoms with E-state index in [9.17, 15) is 8.78 Å². The standard InChI is InChI=1S/C30H31F3O2/c1-3-5-6-7-24-14-12-23(19-35-24)22-13-15-25(27(31)18-22)20-8-10-21(11-9-20)26-16-17-28(34-4-2)30(33)29(26)32/h3,5,8-11,13,15-18,23-24H,4,6-7,12,14,19H2,1-2H3. The van der Waals surface area contributed by atoms with Crippen LogP contribution in [0.3, 0.4) is 0 Å². The van der Waals surface area contributed by atoms with Gasteiger partial charge < -0.3 is 9.47 Å². The maximum Gasteiger partial charge on any atom is 0.201 e. The Morgan fingerprint density at radius 2 is 1.63 bits per heavy atom. The van der Waals surface area contributed by atoms with E-state index in [1.807, 2.05) is 13.0 Å².